The van der Waals surface area contributed by atoms with Gasteiger partial charge in [0.25, 0.3) is 5.56 Å². The molecule has 0 aliphatic heterocycles. The molecule has 0 radical (unpaired) electrons. The fraction of sp³-hybridized carbons (Fsp3) is 0. The van der Waals surface area contributed by atoms with Gasteiger partial charge < -0.3 is 0 Å². The first-order chi connectivity index (χ1) is 10.1. The van der Waals surface area contributed by atoms with Gasteiger partial charge >= 0.3 is 0 Å². The Morgan fingerprint density at radius 2 is 2.05 bits per heavy atom. The predicted molar refractivity (Wildman–Crippen MR) is 78.8 cm³/mol. The van der Waals surface area contributed by atoms with Crippen molar-refractivity contribution in [2.75, 3.05) is 0 Å². The molecule has 0 saturated carbocycles. The molecular weight excluding hydrogens is 332 g/mol. The second kappa shape index (κ2) is 4.23. The Morgan fingerprint density at radius 1 is 1.19 bits per heavy atom. The maximum Gasteiger partial charge on any atom is 0.291 e. The Morgan fingerprint density at radius 3 is 2.81 bits per heavy atom. The van der Waals surface area contributed by atoms with Crippen LogP contribution in [-0.4, -0.2) is 28.2 Å². The maximum atomic E-state index is 12.5. The van der Waals surface area contributed by atoms with Gasteiger partial charge in [-0.2, -0.15) is 4.98 Å². The number of aromatic amines is 1. The molecule has 0 aliphatic carbocycles. The molecule has 21 heavy (non-hydrogen) atoms. The van der Waals surface area contributed by atoms with Gasteiger partial charge in [-0.25, -0.2) is 18.1 Å². The number of nitrogens with zero attached hydrogens (tertiary/aromatic N) is 3. The number of hydrogen-bond acceptors (Lipinski definition) is 7. The summed E-state index contributed by atoms with van der Waals surface area (Å²) in [5.74, 6) is 0. The van der Waals surface area contributed by atoms with Gasteiger partial charge in [0.05, 0.1) is 5.52 Å². The normalized spacial score (nSPS) is 12.4. The average molecular weight is 338 g/mol. The Hall–Kier alpha value is -2.04. The fourth-order valence-electron chi connectivity index (χ4n) is 2.03. The summed E-state index contributed by atoms with van der Waals surface area (Å²) in [5.41, 5.74) is 0.124. The zero-order valence-corrected chi connectivity index (χ0v) is 12.6. The van der Waals surface area contributed by atoms with Gasteiger partial charge in [0.1, 0.15) is 8.91 Å². The number of H-pyrrole nitrogens is 1. The van der Waals surface area contributed by atoms with Crippen molar-refractivity contribution >= 4 is 48.4 Å². The van der Waals surface area contributed by atoms with E-state index in [1.807, 2.05) is 0 Å². The summed E-state index contributed by atoms with van der Waals surface area (Å²) in [7, 11) is -3.79. The Bertz CT molecular complexity index is 1120. The number of fused-ring (bicyclic) bond motifs is 3. The smallest absolute Gasteiger partial charge is 0.266 e. The highest BCUT2D eigenvalue weighted by molar-refractivity contribution is 7.93. The van der Waals surface area contributed by atoms with Crippen LogP contribution in [0.15, 0.2) is 43.0 Å². The minimum atomic E-state index is -3.79. The van der Waals surface area contributed by atoms with Crippen LogP contribution >= 0.6 is 22.7 Å². The number of hydrogen-bond donors (Lipinski definition) is 1. The monoisotopic (exact) mass is 338 g/mol. The van der Waals surface area contributed by atoms with Gasteiger partial charge in [-0.1, -0.05) is 6.07 Å². The Kier molecular flexibility index (Phi) is 2.55. The van der Waals surface area contributed by atoms with E-state index in [2.05, 4.69) is 15.3 Å². The summed E-state index contributed by atoms with van der Waals surface area (Å²) in [6.45, 7) is 0. The molecular formula is C11H6N4O3S3. The molecule has 0 saturated heterocycles. The summed E-state index contributed by atoms with van der Waals surface area (Å²) < 4.78 is 27.1. The molecule has 7 nitrogen and oxygen atoms in total. The van der Waals surface area contributed by atoms with Crippen LogP contribution in [0.5, 0.6) is 0 Å². The number of thiophene rings is 2. The first kappa shape index (κ1) is 12.7. The highest BCUT2D eigenvalue weighted by Gasteiger charge is 2.27. The molecule has 0 bridgehead atoms. The van der Waals surface area contributed by atoms with E-state index in [9.17, 15) is 13.2 Å². The van der Waals surface area contributed by atoms with Crippen molar-refractivity contribution in [2.24, 2.45) is 0 Å². The van der Waals surface area contributed by atoms with E-state index >= 15 is 0 Å². The number of sulfone groups is 1. The molecule has 4 aromatic rings. The molecule has 0 aromatic carbocycles. The van der Waals surface area contributed by atoms with E-state index in [1.54, 1.807) is 22.9 Å². The summed E-state index contributed by atoms with van der Waals surface area (Å²) in [5, 5.41) is 9.63. The van der Waals surface area contributed by atoms with Gasteiger partial charge in [-0.3, -0.25) is 4.79 Å². The lowest BCUT2D eigenvalue weighted by atomic mass is 10.5. The lowest BCUT2D eigenvalue weighted by molar-refractivity contribution is 0.594. The summed E-state index contributed by atoms with van der Waals surface area (Å²) in [4.78, 5) is 15.8. The lowest BCUT2D eigenvalue weighted by Crippen LogP contribution is -2.10. The molecule has 0 amide bonds. The largest absolute Gasteiger partial charge is 0.291 e. The minimum Gasteiger partial charge on any atom is -0.266 e. The van der Waals surface area contributed by atoms with Gasteiger partial charge in [-0.15, -0.1) is 27.8 Å². The molecule has 4 rings (SSSR count). The van der Waals surface area contributed by atoms with E-state index in [1.165, 1.54) is 21.9 Å². The van der Waals surface area contributed by atoms with Gasteiger partial charge in [0, 0.05) is 0 Å². The molecule has 10 heteroatoms. The summed E-state index contributed by atoms with van der Waals surface area (Å²) in [6, 6.07) is 4.85. The average Bonchev–Trinajstić information content (AvgIpc) is 3.18. The van der Waals surface area contributed by atoms with Crippen molar-refractivity contribution in [2.45, 2.75) is 9.24 Å². The van der Waals surface area contributed by atoms with Crippen molar-refractivity contribution in [1.82, 2.24) is 19.8 Å². The van der Waals surface area contributed by atoms with Crippen molar-refractivity contribution < 1.29 is 8.42 Å². The number of rotatable bonds is 2. The topological polar surface area (TPSA) is 97.2 Å². The first-order valence-corrected chi connectivity index (χ1v) is 8.96. The van der Waals surface area contributed by atoms with E-state index in [0.29, 0.717) is 10.2 Å². The SMILES string of the molecule is O=c1nc2c(S(=O)(=O)c3cccs3)n[nH]n2c2ccsc12. The van der Waals surface area contributed by atoms with Crippen LogP contribution in [0.3, 0.4) is 0 Å². The third-order valence-corrected chi connectivity index (χ3v) is 6.91. The molecule has 0 spiro atoms. The third kappa shape index (κ3) is 1.69. The number of nitrogens with one attached hydrogen (secondary N) is 1. The quantitative estimate of drug-likeness (QED) is 0.598. The second-order valence-corrected chi connectivity index (χ2v) is 8.12. The number of aromatic nitrogens is 4. The van der Waals surface area contributed by atoms with E-state index < -0.39 is 15.4 Å². The van der Waals surface area contributed by atoms with Crippen LogP contribution in [0.25, 0.3) is 15.9 Å². The van der Waals surface area contributed by atoms with E-state index in [-0.39, 0.29) is 14.9 Å². The van der Waals surface area contributed by atoms with Crippen LogP contribution in [0.2, 0.25) is 0 Å². The van der Waals surface area contributed by atoms with Gasteiger partial charge in [0.15, 0.2) is 5.65 Å². The van der Waals surface area contributed by atoms with Gasteiger partial charge in [-0.05, 0) is 22.9 Å². The Balaban J connectivity index is 2.12. The van der Waals surface area contributed by atoms with Crippen LogP contribution in [0.4, 0.5) is 0 Å². The predicted octanol–water partition coefficient (Wildman–Crippen LogP) is 1.53. The molecule has 0 aliphatic rings. The molecule has 4 aromatic heterocycles. The van der Waals surface area contributed by atoms with Crippen molar-refractivity contribution in [1.29, 1.82) is 0 Å². The van der Waals surface area contributed by atoms with Crippen molar-refractivity contribution in [3.05, 3.63) is 39.3 Å². The lowest BCUT2D eigenvalue weighted by Gasteiger charge is -1.97. The zero-order chi connectivity index (χ0) is 14.6. The molecule has 0 atom stereocenters. The molecule has 0 unspecified atom stereocenters. The maximum absolute atomic E-state index is 12.5. The summed E-state index contributed by atoms with van der Waals surface area (Å²) >= 11 is 2.34. The van der Waals surface area contributed by atoms with E-state index in [4.69, 9.17) is 0 Å². The van der Waals surface area contributed by atoms with Crippen LogP contribution < -0.4 is 5.56 Å². The zero-order valence-electron chi connectivity index (χ0n) is 10.2. The molecule has 0 fully saturated rings. The van der Waals surface area contributed by atoms with E-state index in [0.717, 1.165) is 11.3 Å². The van der Waals surface area contributed by atoms with Crippen LogP contribution in [0.1, 0.15) is 0 Å². The van der Waals surface area contributed by atoms with Crippen LogP contribution in [0, 0.1) is 0 Å². The van der Waals surface area contributed by atoms with Crippen molar-refractivity contribution in [3.8, 4) is 0 Å². The minimum absolute atomic E-state index is 0.0132. The second-order valence-electron chi connectivity index (χ2n) is 4.16. The van der Waals surface area contributed by atoms with Crippen LogP contribution in [-0.2, 0) is 9.84 Å². The molecule has 106 valence electrons. The Labute approximate surface area is 125 Å². The third-order valence-electron chi connectivity index (χ3n) is 2.96. The molecule has 1 N–H and O–H groups in total. The highest BCUT2D eigenvalue weighted by Crippen LogP contribution is 2.26. The molecule has 4 heterocycles. The highest BCUT2D eigenvalue weighted by atomic mass is 32.2. The first-order valence-electron chi connectivity index (χ1n) is 5.72. The van der Waals surface area contributed by atoms with Crippen molar-refractivity contribution in [3.63, 3.8) is 0 Å². The summed E-state index contributed by atoms with van der Waals surface area (Å²) in [6.07, 6.45) is 0. The van der Waals surface area contributed by atoms with Gasteiger partial charge in [0.2, 0.25) is 14.9 Å². The standard InChI is InChI=1S/C11H6N4O3S3/c16-10-8-6(3-5-20-8)15-9(12-10)11(13-14-15)21(17,18)7-2-1-4-19-7/h1-5,14H. The fourth-order valence-corrected chi connectivity index (χ4v) is 5.14.